The molecule has 0 spiro atoms. The maximum absolute atomic E-state index is 5.94. The molecule has 1 aliphatic rings. The van der Waals surface area contributed by atoms with Crippen molar-refractivity contribution in [1.29, 1.82) is 0 Å². The first-order valence-electron chi connectivity index (χ1n) is 8.73. The van der Waals surface area contributed by atoms with Gasteiger partial charge >= 0.3 is 0 Å². The smallest absolute Gasteiger partial charge is 0.206 e. The van der Waals surface area contributed by atoms with Crippen molar-refractivity contribution >= 4 is 22.2 Å². The molecule has 0 saturated heterocycles. The Bertz CT molecular complexity index is 879. The number of aromatic nitrogens is 2. The van der Waals surface area contributed by atoms with Crippen molar-refractivity contribution < 1.29 is 0 Å². The minimum absolute atomic E-state index is 0.131. The van der Waals surface area contributed by atoms with Gasteiger partial charge in [-0.2, -0.15) is 0 Å². The summed E-state index contributed by atoms with van der Waals surface area (Å²) in [5.74, 6) is 0. The Balaban J connectivity index is 1.48. The second-order valence-electron chi connectivity index (χ2n) is 6.47. The zero-order chi connectivity index (χ0) is 17.9. The van der Waals surface area contributed by atoms with Crippen LogP contribution < -0.4 is 21.9 Å². The number of benzene rings is 2. The third-order valence-corrected chi connectivity index (χ3v) is 5.45. The van der Waals surface area contributed by atoms with Gasteiger partial charge < -0.3 is 16.5 Å². The van der Waals surface area contributed by atoms with Gasteiger partial charge in [0.2, 0.25) is 5.13 Å². The number of nitrogens with two attached hydrogens (primary N) is 1. The van der Waals surface area contributed by atoms with Gasteiger partial charge in [-0.3, -0.25) is 0 Å². The number of nitrogens with one attached hydrogen (secondary N) is 3. The zero-order valence-electron chi connectivity index (χ0n) is 14.6. The number of hydrogen-bond donors (Lipinski definition) is 4. The van der Waals surface area contributed by atoms with Crippen molar-refractivity contribution in [3.63, 3.8) is 0 Å². The lowest BCUT2D eigenvalue weighted by molar-refractivity contribution is 0.687. The molecule has 5 N–H and O–H groups in total. The Hall–Kier alpha value is -2.48. The summed E-state index contributed by atoms with van der Waals surface area (Å²) in [4.78, 5) is 0. The molecule has 3 aromatic rings. The normalized spacial score (nSPS) is 16.8. The van der Waals surface area contributed by atoms with Gasteiger partial charge in [-0.15, -0.1) is 10.2 Å². The molecule has 2 heterocycles. The number of hydrogen-bond acceptors (Lipinski definition) is 7. The maximum atomic E-state index is 5.94. The molecular weight excluding hydrogens is 344 g/mol. The molecule has 4 rings (SSSR count). The van der Waals surface area contributed by atoms with Crippen molar-refractivity contribution in [2.24, 2.45) is 5.73 Å². The van der Waals surface area contributed by atoms with E-state index in [1.165, 1.54) is 11.1 Å². The highest BCUT2D eigenvalue weighted by Gasteiger charge is 2.19. The quantitative estimate of drug-likeness (QED) is 0.536. The predicted molar refractivity (Wildman–Crippen MR) is 107 cm³/mol. The van der Waals surface area contributed by atoms with Crippen molar-refractivity contribution in [2.75, 3.05) is 17.3 Å². The SMILES string of the molecule is CC1NNc2ccc(-c3nnc(N[C@@H](CN)Cc4ccccc4)s3)cc21. The molecule has 6 nitrogen and oxygen atoms in total. The van der Waals surface area contributed by atoms with Crippen molar-refractivity contribution in [2.45, 2.75) is 25.4 Å². The number of nitrogens with zero attached hydrogens (tertiary/aromatic N) is 2. The molecule has 134 valence electrons. The van der Waals surface area contributed by atoms with Crippen molar-refractivity contribution in [1.82, 2.24) is 15.6 Å². The van der Waals surface area contributed by atoms with E-state index in [2.05, 4.69) is 63.6 Å². The summed E-state index contributed by atoms with van der Waals surface area (Å²) in [7, 11) is 0. The Morgan fingerprint density at radius 3 is 2.85 bits per heavy atom. The molecule has 7 heteroatoms. The maximum Gasteiger partial charge on any atom is 0.206 e. The van der Waals surface area contributed by atoms with Gasteiger partial charge in [-0.25, -0.2) is 5.43 Å². The van der Waals surface area contributed by atoms with E-state index in [-0.39, 0.29) is 12.1 Å². The average molecular weight is 366 g/mol. The molecular formula is C19H22N6S. The third kappa shape index (κ3) is 3.55. The van der Waals surface area contributed by atoms with E-state index in [4.69, 9.17) is 5.73 Å². The van der Waals surface area contributed by atoms with E-state index in [0.29, 0.717) is 6.54 Å². The van der Waals surface area contributed by atoms with Gasteiger partial charge in [0, 0.05) is 18.2 Å². The highest BCUT2D eigenvalue weighted by Crippen LogP contribution is 2.34. The molecule has 1 aromatic heterocycles. The summed E-state index contributed by atoms with van der Waals surface area (Å²) < 4.78 is 0. The van der Waals surface area contributed by atoms with Gasteiger partial charge in [0.05, 0.1) is 11.7 Å². The molecule has 0 bridgehead atoms. The van der Waals surface area contributed by atoms with Crippen LogP contribution in [0.1, 0.15) is 24.1 Å². The Labute approximate surface area is 156 Å². The molecule has 0 aliphatic carbocycles. The van der Waals surface area contributed by atoms with Crippen LogP contribution in [0.25, 0.3) is 10.6 Å². The first kappa shape index (κ1) is 17.0. The van der Waals surface area contributed by atoms with E-state index >= 15 is 0 Å². The summed E-state index contributed by atoms with van der Waals surface area (Å²) in [6.45, 7) is 2.67. The van der Waals surface area contributed by atoms with Crippen LogP contribution in [0.3, 0.4) is 0 Å². The highest BCUT2D eigenvalue weighted by molar-refractivity contribution is 7.18. The van der Waals surface area contributed by atoms with E-state index in [0.717, 1.165) is 27.8 Å². The summed E-state index contributed by atoms with van der Waals surface area (Å²) in [5, 5.41) is 13.8. The zero-order valence-corrected chi connectivity index (χ0v) is 15.4. The standard InChI is InChI=1S/C19H22N6S/c1-12-16-10-14(7-8-17(16)23-22-12)18-24-25-19(26-18)21-15(11-20)9-13-5-3-2-4-6-13/h2-8,10,12,15,22-23H,9,11,20H2,1H3,(H,21,25)/t12?,15-/m1/s1. The first-order valence-corrected chi connectivity index (χ1v) is 9.54. The summed E-state index contributed by atoms with van der Waals surface area (Å²) in [5.41, 5.74) is 17.0. The highest BCUT2D eigenvalue weighted by atomic mass is 32.1. The monoisotopic (exact) mass is 366 g/mol. The Morgan fingerprint density at radius 2 is 2.04 bits per heavy atom. The largest absolute Gasteiger partial charge is 0.356 e. The minimum Gasteiger partial charge on any atom is -0.356 e. The molecule has 1 unspecified atom stereocenters. The van der Waals surface area contributed by atoms with Gasteiger partial charge in [0.15, 0.2) is 0 Å². The van der Waals surface area contributed by atoms with Crippen LogP contribution in [-0.4, -0.2) is 22.8 Å². The second kappa shape index (κ2) is 7.41. The van der Waals surface area contributed by atoms with Crippen LogP contribution in [0.15, 0.2) is 48.5 Å². The van der Waals surface area contributed by atoms with Gasteiger partial charge in [-0.1, -0.05) is 41.7 Å². The number of rotatable bonds is 6. The number of anilines is 2. The first-order chi connectivity index (χ1) is 12.7. The molecule has 2 aromatic carbocycles. The minimum atomic E-state index is 0.131. The van der Waals surface area contributed by atoms with Gasteiger partial charge in [0.25, 0.3) is 0 Å². The van der Waals surface area contributed by atoms with E-state index in [1.54, 1.807) is 11.3 Å². The molecule has 0 amide bonds. The van der Waals surface area contributed by atoms with Crippen LogP contribution >= 0.6 is 11.3 Å². The van der Waals surface area contributed by atoms with Crippen molar-refractivity contribution in [3.05, 3.63) is 59.7 Å². The number of fused-ring (bicyclic) bond motifs is 1. The van der Waals surface area contributed by atoms with Crippen LogP contribution in [0, 0.1) is 0 Å². The van der Waals surface area contributed by atoms with Gasteiger partial charge in [-0.05, 0) is 42.7 Å². The number of hydrazine groups is 1. The van der Waals surface area contributed by atoms with Crippen LogP contribution in [-0.2, 0) is 6.42 Å². The van der Waals surface area contributed by atoms with Crippen LogP contribution in [0.2, 0.25) is 0 Å². The summed E-state index contributed by atoms with van der Waals surface area (Å²) in [6.07, 6.45) is 0.861. The molecule has 0 radical (unpaired) electrons. The second-order valence-corrected chi connectivity index (χ2v) is 7.45. The molecule has 0 fully saturated rings. The average Bonchev–Trinajstić information content (AvgIpc) is 3.29. The summed E-state index contributed by atoms with van der Waals surface area (Å²) in [6, 6.07) is 17.1. The molecule has 0 saturated carbocycles. The summed E-state index contributed by atoms with van der Waals surface area (Å²) >= 11 is 1.56. The Morgan fingerprint density at radius 1 is 1.19 bits per heavy atom. The van der Waals surface area contributed by atoms with Crippen molar-refractivity contribution in [3.8, 4) is 10.6 Å². The third-order valence-electron chi connectivity index (χ3n) is 4.55. The van der Waals surface area contributed by atoms with E-state index in [9.17, 15) is 0 Å². The lowest BCUT2D eigenvalue weighted by Crippen LogP contribution is -2.30. The van der Waals surface area contributed by atoms with Crippen LogP contribution in [0.4, 0.5) is 10.8 Å². The fourth-order valence-corrected chi connectivity index (χ4v) is 3.91. The molecule has 26 heavy (non-hydrogen) atoms. The van der Waals surface area contributed by atoms with E-state index < -0.39 is 0 Å². The van der Waals surface area contributed by atoms with Gasteiger partial charge in [0.1, 0.15) is 5.01 Å². The van der Waals surface area contributed by atoms with E-state index in [1.807, 2.05) is 18.2 Å². The topological polar surface area (TPSA) is 87.9 Å². The predicted octanol–water partition coefficient (Wildman–Crippen LogP) is 3.18. The van der Waals surface area contributed by atoms with Crippen LogP contribution in [0.5, 0.6) is 0 Å². The fourth-order valence-electron chi connectivity index (χ4n) is 3.10. The molecule has 2 atom stereocenters. The lowest BCUT2D eigenvalue weighted by atomic mass is 10.1. The fraction of sp³-hybridized carbons (Fsp3) is 0.263. The lowest BCUT2D eigenvalue weighted by Gasteiger charge is -2.15. The molecule has 1 aliphatic heterocycles. The Kier molecular flexibility index (Phi) is 4.83.